The Balaban J connectivity index is 0.00000121. The minimum atomic E-state index is -0.469. The molecule has 2 bridgehead atoms. The van der Waals surface area contributed by atoms with Crippen molar-refractivity contribution in [2.24, 2.45) is 11.8 Å². The van der Waals surface area contributed by atoms with Crippen LogP contribution in [0.1, 0.15) is 45.3 Å². The van der Waals surface area contributed by atoms with Crippen LogP contribution in [0.5, 0.6) is 5.75 Å². The molecule has 0 radical (unpaired) electrons. The first-order valence-corrected chi connectivity index (χ1v) is 9.06. The van der Waals surface area contributed by atoms with E-state index < -0.39 is 6.10 Å². The maximum atomic E-state index is 11.2. The van der Waals surface area contributed by atoms with E-state index in [0.717, 1.165) is 53.6 Å². The Labute approximate surface area is 167 Å². The first-order valence-electron chi connectivity index (χ1n) is 9.06. The number of methoxy groups -OCH3 is 1. The van der Waals surface area contributed by atoms with Gasteiger partial charge in [0, 0.05) is 24.2 Å². The Morgan fingerprint density at radius 2 is 2.15 bits per heavy atom. The van der Waals surface area contributed by atoms with Gasteiger partial charge in [-0.3, -0.25) is 9.88 Å². The largest absolute Gasteiger partial charge is 0.497 e. The van der Waals surface area contributed by atoms with Crippen LogP contribution < -0.4 is 4.74 Å². The summed E-state index contributed by atoms with van der Waals surface area (Å²) in [6.45, 7) is 4.55. The predicted octanol–water partition coefficient (Wildman–Crippen LogP) is 4.61. The van der Waals surface area contributed by atoms with Crippen LogP contribution >= 0.6 is 17.0 Å². The fourth-order valence-corrected chi connectivity index (χ4v) is 4.71. The summed E-state index contributed by atoms with van der Waals surface area (Å²) in [5, 5.41) is 12.2. The molecule has 5 heteroatoms. The van der Waals surface area contributed by atoms with Gasteiger partial charge in [-0.05, 0) is 61.1 Å². The van der Waals surface area contributed by atoms with E-state index in [-0.39, 0.29) is 30.4 Å². The van der Waals surface area contributed by atoms with Crippen LogP contribution in [-0.2, 0) is 0 Å². The molecule has 26 heavy (non-hydrogen) atoms. The number of fused-ring (bicyclic) bond motifs is 4. The maximum absolute atomic E-state index is 11.2. The lowest BCUT2D eigenvalue weighted by Gasteiger charge is -2.51. The van der Waals surface area contributed by atoms with Gasteiger partial charge in [-0.25, -0.2) is 0 Å². The second-order valence-corrected chi connectivity index (χ2v) is 7.24. The smallest absolute Gasteiger partial charge is 0.119 e. The van der Waals surface area contributed by atoms with Crippen LogP contribution in [0.4, 0.5) is 0 Å². The molecule has 4 nitrogen and oxygen atoms in total. The highest BCUT2D eigenvalue weighted by atomic mass is 79.9. The number of piperidine rings is 3. The number of ether oxygens (including phenoxy) is 1. The zero-order chi connectivity index (χ0) is 16.7. The first-order chi connectivity index (χ1) is 11.7. The van der Waals surface area contributed by atoms with Gasteiger partial charge < -0.3 is 9.84 Å². The van der Waals surface area contributed by atoms with E-state index in [9.17, 15) is 5.11 Å². The number of rotatable bonds is 4. The second kappa shape index (κ2) is 8.68. The van der Waals surface area contributed by atoms with Gasteiger partial charge in [-0.2, -0.15) is 0 Å². The van der Waals surface area contributed by atoms with E-state index in [1.165, 1.54) is 12.8 Å². The monoisotopic (exact) mass is 422 g/mol. The van der Waals surface area contributed by atoms with Gasteiger partial charge >= 0.3 is 0 Å². The van der Waals surface area contributed by atoms with Crippen molar-refractivity contribution in [1.82, 2.24) is 9.88 Å². The van der Waals surface area contributed by atoms with E-state index in [1.807, 2.05) is 24.3 Å². The van der Waals surface area contributed by atoms with Crippen LogP contribution in [0.15, 0.2) is 30.5 Å². The quantitative estimate of drug-likeness (QED) is 0.780. The highest BCUT2D eigenvalue weighted by Crippen LogP contribution is 2.42. The molecule has 4 heterocycles. The topological polar surface area (TPSA) is 45.6 Å². The van der Waals surface area contributed by atoms with Crippen molar-refractivity contribution in [3.63, 3.8) is 0 Å². The van der Waals surface area contributed by atoms with Crippen molar-refractivity contribution in [3.8, 4) is 5.75 Å². The predicted molar refractivity (Wildman–Crippen MR) is 112 cm³/mol. The van der Waals surface area contributed by atoms with E-state index >= 15 is 0 Å². The summed E-state index contributed by atoms with van der Waals surface area (Å²) >= 11 is 0. The van der Waals surface area contributed by atoms with Crippen molar-refractivity contribution in [2.45, 2.75) is 45.8 Å². The number of nitrogens with zero attached hydrogens (tertiary/aromatic N) is 2. The molecule has 3 fully saturated rings. The first kappa shape index (κ1) is 21.1. The van der Waals surface area contributed by atoms with E-state index in [2.05, 4.69) is 16.8 Å². The van der Waals surface area contributed by atoms with Crippen LogP contribution in [0, 0.1) is 11.8 Å². The Bertz CT molecular complexity index is 739. The third kappa shape index (κ3) is 3.62. The van der Waals surface area contributed by atoms with Crippen LogP contribution in [0.3, 0.4) is 0 Å². The molecule has 3 aliphatic heterocycles. The van der Waals surface area contributed by atoms with E-state index in [4.69, 9.17) is 4.74 Å². The zero-order valence-corrected chi connectivity index (χ0v) is 16.6. The zero-order valence-electron chi connectivity index (χ0n) is 14.9. The standard InChI is InChI=1S/C20H26N2O2.CH4.BrH/c1-3-13-12-22-9-7-14(13)10-19(22)20(23)16-6-8-21-18-5-4-15(24-2)11-17(16)18;;/h4-6,8,11,13-14,19-20,23H,3,7,9-10,12H2,1-2H3;1H4;1H/t13-,14?,19-,20+;;/m0../s1. The maximum Gasteiger partial charge on any atom is 0.119 e. The van der Waals surface area contributed by atoms with Gasteiger partial charge in [0.05, 0.1) is 18.7 Å². The molecule has 3 aliphatic rings. The Morgan fingerprint density at radius 3 is 2.81 bits per heavy atom. The number of pyridine rings is 1. The highest BCUT2D eigenvalue weighted by Gasteiger charge is 2.42. The normalized spacial score (nSPS) is 28.1. The second-order valence-electron chi connectivity index (χ2n) is 7.24. The summed E-state index contributed by atoms with van der Waals surface area (Å²) in [5.41, 5.74) is 1.89. The molecule has 0 aliphatic carbocycles. The van der Waals surface area contributed by atoms with Crippen molar-refractivity contribution in [2.75, 3.05) is 20.2 Å². The molecule has 0 spiro atoms. The molecule has 1 N–H and O–H groups in total. The molecular weight excluding hydrogens is 392 g/mol. The van der Waals surface area contributed by atoms with Crippen molar-refractivity contribution >= 4 is 27.9 Å². The lowest BCUT2D eigenvalue weighted by atomic mass is 9.72. The molecule has 2 unspecified atom stereocenters. The number of aliphatic hydroxyl groups excluding tert-OH is 1. The Morgan fingerprint density at radius 1 is 1.35 bits per heavy atom. The molecule has 5 rings (SSSR count). The number of halogens is 1. The summed E-state index contributed by atoms with van der Waals surface area (Å²) in [6, 6.07) is 8.07. The van der Waals surface area contributed by atoms with Gasteiger partial charge in [0.15, 0.2) is 0 Å². The summed E-state index contributed by atoms with van der Waals surface area (Å²) in [4.78, 5) is 6.94. The summed E-state index contributed by atoms with van der Waals surface area (Å²) < 4.78 is 5.36. The fourth-order valence-electron chi connectivity index (χ4n) is 4.71. The van der Waals surface area contributed by atoms with Crippen LogP contribution in [-0.4, -0.2) is 41.2 Å². The third-order valence-electron chi connectivity index (χ3n) is 6.13. The average Bonchev–Trinajstić information content (AvgIpc) is 2.66. The van der Waals surface area contributed by atoms with E-state index in [0.29, 0.717) is 0 Å². The molecule has 1 aromatic carbocycles. The van der Waals surface area contributed by atoms with Crippen LogP contribution in [0.25, 0.3) is 10.9 Å². The third-order valence-corrected chi connectivity index (χ3v) is 6.13. The molecule has 5 atom stereocenters. The summed E-state index contributed by atoms with van der Waals surface area (Å²) in [7, 11) is 1.67. The number of hydrogen-bond donors (Lipinski definition) is 1. The Kier molecular flexibility index (Phi) is 7.05. The van der Waals surface area contributed by atoms with Crippen LogP contribution in [0.2, 0.25) is 0 Å². The molecule has 0 amide bonds. The summed E-state index contributed by atoms with van der Waals surface area (Å²) in [6.07, 6.45) is 4.97. The molecular formula is C21H31BrN2O2. The van der Waals surface area contributed by atoms with Crippen molar-refractivity contribution in [3.05, 3.63) is 36.0 Å². The number of hydrogen-bond acceptors (Lipinski definition) is 4. The van der Waals surface area contributed by atoms with E-state index in [1.54, 1.807) is 13.3 Å². The van der Waals surface area contributed by atoms with Gasteiger partial charge in [-0.1, -0.05) is 20.8 Å². The summed E-state index contributed by atoms with van der Waals surface area (Å²) in [5.74, 6) is 2.37. The van der Waals surface area contributed by atoms with Crippen molar-refractivity contribution in [1.29, 1.82) is 0 Å². The van der Waals surface area contributed by atoms with Gasteiger partial charge in [0.1, 0.15) is 5.75 Å². The van der Waals surface area contributed by atoms with Crippen molar-refractivity contribution < 1.29 is 9.84 Å². The minimum absolute atomic E-state index is 0. The number of benzene rings is 1. The molecule has 1 aromatic heterocycles. The van der Waals surface area contributed by atoms with Gasteiger partial charge in [-0.15, -0.1) is 17.0 Å². The molecule has 2 aromatic rings. The lowest BCUT2D eigenvalue weighted by Crippen LogP contribution is -2.55. The molecule has 3 saturated heterocycles. The van der Waals surface area contributed by atoms with Gasteiger partial charge in [0.25, 0.3) is 0 Å². The molecule has 144 valence electrons. The highest BCUT2D eigenvalue weighted by molar-refractivity contribution is 8.93. The number of aliphatic hydroxyl groups is 1. The number of aromatic nitrogens is 1. The molecule has 0 saturated carbocycles. The Hall–Kier alpha value is -1.17. The fraction of sp³-hybridized carbons (Fsp3) is 0.571. The lowest BCUT2D eigenvalue weighted by molar-refractivity contribution is -0.0562. The minimum Gasteiger partial charge on any atom is -0.497 e. The van der Waals surface area contributed by atoms with Gasteiger partial charge in [0.2, 0.25) is 0 Å². The SMILES string of the molecule is Br.C.CC[C@H]1CN2CCC1C[C@H]2[C@H](O)c1ccnc2ccc(OC)cc12. The average molecular weight is 423 g/mol.